The summed E-state index contributed by atoms with van der Waals surface area (Å²) in [6, 6.07) is 6.87. The number of hydrogen-bond donors (Lipinski definition) is 4. The number of nitrogen functional groups attached to an aromatic ring is 1. The molecule has 1 amide bonds. The van der Waals surface area contributed by atoms with Crippen molar-refractivity contribution in [3.05, 3.63) is 47.8 Å². The molecule has 0 aliphatic heterocycles. The highest BCUT2D eigenvalue weighted by Crippen LogP contribution is 2.37. The average molecular weight is 422 g/mol. The Hall–Kier alpha value is -3.31. The molecule has 8 nitrogen and oxygen atoms in total. The zero-order valence-corrected chi connectivity index (χ0v) is 16.2. The van der Waals surface area contributed by atoms with Gasteiger partial charge >= 0.3 is 6.18 Å². The van der Waals surface area contributed by atoms with Gasteiger partial charge in [0.1, 0.15) is 5.69 Å². The molecule has 0 aliphatic carbocycles. The minimum absolute atomic E-state index is 0.0847. The second-order valence-corrected chi connectivity index (χ2v) is 6.87. The minimum atomic E-state index is -4.56. The number of carbonyl (C=O) groups excluding carboxylic acids is 1. The average Bonchev–Trinajstić information content (AvgIpc) is 2.97. The Kier molecular flexibility index (Phi) is 5.59. The number of aliphatic hydroxyl groups is 1. The van der Waals surface area contributed by atoms with Gasteiger partial charge in [-0.15, -0.1) is 0 Å². The Morgan fingerprint density at radius 3 is 2.57 bits per heavy atom. The maximum atomic E-state index is 12.8. The third-order valence-electron chi connectivity index (χ3n) is 4.43. The van der Waals surface area contributed by atoms with Crippen LogP contribution in [0.4, 0.5) is 24.7 Å². The SMILES string of the molecule is CC(O)CNC(=O)c1ccc2c(c1)c(N)c(N(C)N)n2-c1ccc(C(F)(F)F)nc1. The third-order valence-corrected chi connectivity index (χ3v) is 4.43. The van der Waals surface area contributed by atoms with Crippen LogP contribution in [0.1, 0.15) is 23.0 Å². The molecule has 2 heterocycles. The molecular weight excluding hydrogens is 401 g/mol. The van der Waals surface area contributed by atoms with Crippen molar-refractivity contribution >= 4 is 28.3 Å². The summed E-state index contributed by atoms with van der Waals surface area (Å²) >= 11 is 0. The Bertz CT molecular complexity index is 1070. The molecule has 6 N–H and O–H groups in total. The zero-order chi connectivity index (χ0) is 22.2. The zero-order valence-electron chi connectivity index (χ0n) is 16.2. The van der Waals surface area contributed by atoms with Gasteiger partial charge in [0.2, 0.25) is 0 Å². The monoisotopic (exact) mass is 422 g/mol. The number of hydrogen-bond acceptors (Lipinski definition) is 6. The maximum absolute atomic E-state index is 12.8. The number of benzene rings is 1. The van der Waals surface area contributed by atoms with Gasteiger partial charge < -0.3 is 16.2 Å². The molecule has 1 atom stereocenters. The van der Waals surface area contributed by atoms with Crippen LogP contribution in [0.25, 0.3) is 16.6 Å². The first kappa shape index (κ1) is 21.4. The molecule has 0 spiro atoms. The third kappa shape index (κ3) is 4.02. The predicted molar refractivity (Wildman–Crippen MR) is 107 cm³/mol. The second kappa shape index (κ2) is 7.84. The van der Waals surface area contributed by atoms with Crippen LogP contribution in [0.3, 0.4) is 0 Å². The maximum Gasteiger partial charge on any atom is 0.433 e. The molecule has 11 heteroatoms. The van der Waals surface area contributed by atoms with Crippen molar-refractivity contribution < 1.29 is 23.1 Å². The van der Waals surface area contributed by atoms with Crippen molar-refractivity contribution in [2.24, 2.45) is 5.84 Å². The molecule has 0 bridgehead atoms. The van der Waals surface area contributed by atoms with Crippen LogP contribution >= 0.6 is 0 Å². The van der Waals surface area contributed by atoms with Gasteiger partial charge in [0.15, 0.2) is 5.82 Å². The lowest BCUT2D eigenvalue weighted by Crippen LogP contribution is -2.30. The lowest BCUT2D eigenvalue weighted by atomic mass is 10.1. The predicted octanol–water partition coefficient (Wildman–Crippen LogP) is 2.05. The highest BCUT2D eigenvalue weighted by Gasteiger charge is 2.32. The lowest BCUT2D eigenvalue weighted by Gasteiger charge is -2.17. The number of halogens is 3. The Balaban J connectivity index is 2.12. The smallest absolute Gasteiger partial charge is 0.395 e. The normalized spacial score (nSPS) is 12.8. The van der Waals surface area contributed by atoms with Gasteiger partial charge in [0, 0.05) is 24.5 Å². The van der Waals surface area contributed by atoms with E-state index in [-0.39, 0.29) is 12.2 Å². The number of alkyl halides is 3. The number of aromatic nitrogens is 2. The Morgan fingerprint density at radius 2 is 2.03 bits per heavy atom. The molecule has 0 fully saturated rings. The second-order valence-electron chi connectivity index (χ2n) is 6.87. The first-order chi connectivity index (χ1) is 14.0. The van der Waals surface area contributed by atoms with E-state index in [4.69, 9.17) is 11.6 Å². The quantitative estimate of drug-likeness (QED) is 0.369. The van der Waals surface area contributed by atoms with Crippen molar-refractivity contribution in [1.82, 2.24) is 14.9 Å². The van der Waals surface area contributed by atoms with Gasteiger partial charge in [-0.3, -0.25) is 14.4 Å². The molecule has 0 aliphatic rings. The minimum Gasteiger partial charge on any atom is -0.395 e. The molecule has 3 aromatic rings. The van der Waals surface area contributed by atoms with Gasteiger partial charge in [-0.2, -0.15) is 13.2 Å². The topological polar surface area (TPSA) is 122 Å². The van der Waals surface area contributed by atoms with E-state index in [0.717, 1.165) is 12.3 Å². The molecule has 1 aromatic carbocycles. The number of hydrazine groups is 1. The van der Waals surface area contributed by atoms with Crippen molar-refractivity contribution in [3.8, 4) is 5.69 Å². The van der Waals surface area contributed by atoms with Crippen LogP contribution in [0.5, 0.6) is 0 Å². The van der Waals surface area contributed by atoms with Gasteiger partial charge in [-0.1, -0.05) is 0 Å². The summed E-state index contributed by atoms with van der Waals surface area (Å²) in [7, 11) is 1.54. The number of anilines is 2. The largest absolute Gasteiger partial charge is 0.433 e. The summed E-state index contributed by atoms with van der Waals surface area (Å²) in [5.74, 6) is 5.85. The first-order valence-electron chi connectivity index (χ1n) is 8.93. The van der Waals surface area contributed by atoms with E-state index in [1.165, 1.54) is 18.1 Å². The summed E-state index contributed by atoms with van der Waals surface area (Å²) in [5.41, 5.74) is 6.65. The van der Waals surface area contributed by atoms with Gasteiger partial charge in [0.25, 0.3) is 5.91 Å². The molecule has 1 unspecified atom stereocenters. The fraction of sp³-hybridized carbons (Fsp3) is 0.263. The molecule has 160 valence electrons. The number of carbonyl (C=O) groups is 1. The molecule has 2 aromatic heterocycles. The molecule has 0 saturated carbocycles. The molecule has 3 rings (SSSR count). The summed E-state index contributed by atoms with van der Waals surface area (Å²) in [4.78, 5) is 15.8. The number of amides is 1. The van der Waals surface area contributed by atoms with E-state index in [2.05, 4.69) is 10.3 Å². The summed E-state index contributed by atoms with van der Waals surface area (Å²) in [6.45, 7) is 1.63. The number of pyridine rings is 1. The van der Waals surface area contributed by atoms with Crippen molar-refractivity contribution in [2.75, 3.05) is 24.3 Å². The molecule has 0 radical (unpaired) electrons. The molecular formula is C19H21F3N6O2. The van der Waals surface area contributed by atoms with E-state index in [1.807, 2.05) is 0 Å². The Morgan fingerprint density at radius 1 is 1.33 bits per heavy atom. The van der Waals surface area contributed by atoms with E-state index >= 15 is 0 Å². The van der Waals surface area contributed by atoms with Crippen LogP contribution in [0.2, 0.25) is 0 Å². The van der Waals surface area contributed by atoms with Crippen LogP contribution in [-0.4, -0.2) is 40.3 Å². The van der Waals surface area contributed by atoms with Crippen molar-refractivity contribution in [1.29, 1.82) is 0 Å². The van der Waals surface area contributed by atoms with Gasteiger partial charge in [-0.25, -0.2) is 10.8 Å². The van der Waals surface area contributed by atoms with Crippen LogP contribution in [0, 0.1) is 0 Å². The highest BCUT2D eigenvalue weighted by molar-refractivity contribution is 6.05. The van der Waals surface area contributed by atoms with E-state index in [0.29, 0.717) is 28.0 Å². The molecule has 0 saturated heterocycles. The number of nitrogens with two attached hydrogens (primary N) is 2. The summed E-state index contributed by atoms with van der Waals surface area (Å²) in [6.07, 6.45) is -4.18. The van der Waals surface area contributed by atoms with Crippen LogP contribution in [-0.2, 0) is 6.18 Å². The highest BCUT2D eigenvalue weighted by atomic mass is 19.4. The number of nitrogens with one attached hydrogen (secondary N) is 1. The van der Waals surface area contributed by atoms with Gasteiger partial charge in [-0.05, 0) is 37.3 Å². The number of rotatable bonds is 5. The number of nitrogens with zero attached hydrogens (tertiary/aromatic N) is 3. The van der Waals surface area contributed by atoms with Crippen molar-refractivity contribution in [2.45, 2.75) is 19.2 Å². The molecule has 30 heavy (non-hydrogen) atoms. The fourth-order valence-electron chi connectivity index (χ4n) is 3.08. The fourth-order valence-corrected chi connectivity index (χ4v) is 3.08. The van der Waals surface area contributed by atoms with Crippen LogP contribution in [0.15, 0.2) is 36.5 Å². The standard InChI is InChI=1S/C19H21F3N6O2/c1-10(29)8-26-17(30)11-3-5-14-13(7-11)16(23)18(27(2)24)28(14)12-4-6-15(25-9-12)19(20,21)22/h3-7,9-10,29H,8,23-24H2,1-2H3,(H,26,30). The van der Waals surface area contributed by atoms with E-state index in [1.54, 1.807) is 29.7 Å². The summed E-state index contributed by atoms with van der Waals surface area (Å²) in [5, 5.41) is 13.6. The first-order valence-corrected chi connectivity index (χ1v) is 8.93. The number of aliphatic hydroxyl groups excluding tert-OH is 1. The van der Waals surface area contributed by atoms with Crippen LogP contribution < -0.4 is 21.9 Å². The lowest BCUT2D eigenvalue weighted by molar-refractivity contribution is -0.141. The summed E-state index contributed by atoms with van der Waals surface area (Å²) < 4.78 is 40.1. The van der Waals surface area contributed by atoms with Crippen molar-refractivity contribution in [3.63, 3.8) is 0 Å². The Labute approximate surface area is 169 Å². The van der Waals surface area contributed by atoms with Gasteiger partial charge in [0.05, 0.1) is 29.2 Å². The van der Waals surface area contributed by atoms with E-state index in [9.17, 15) is 23.1 Å². The van der Waals surface area contributed by atoms with E-state index < -0.39 is 23.9 Å². The number of fused-ring (bicyclic) bond motifs is 1.